The maximum atomic E-state index is 11.1. The Morgan fingerprint density at radius 2 is 0.833 bits per heavy atom. The molecule has 5 aliphatic rings. The second kappa shape index (κ2) is 18.3. The molecule has 0 amide bonds. The van der Waals surface area contributed by atoms with Gasteiger partial charge in [-0.3, -0.25) is 0 Å². The van der Waals surface area contributed by atoms with Crippen molar-refractivity contribution in [3.63, 3.8) is 0 Å². The monoisotopic (exact) mass is 795 g/mol. The van der Waals surface area contributed by atoms with Crippen LogP contribution in [0.25, 0.3) is 0 Å². The van der Waals surface area contributed by atoms with E-state index in [0.717, 1.165) is 0 Å². The normalized spacial score (nSPS) is 54.7. The highest BCUT2D eigenvalue weighted by Gasteiger charge is 2.57. The Balaban J connectivity index is 1.47. The molecule has 0 bridgehead atoms. The zero-order valence-corrected chi connectivity index (χ0v) is 29.1. The third kappa shape index (κ3) is 8.72. The Kier molecular flexibility index (Phi) is 15.0. The molecule has 0 aromatic rings. The fourth-order valence-corrected chi connectivity index (χ4v) is 6.94. The van der Waals surface area contributed by atoms with Gasteiger partial charge in [0.05, 0.1) is 38.1 Å². The van der Waals surface area contributed by atoms with Crippen molar-refractivity contribution in [2.45, 2.75) is 167 Å². The van der Waals surface area contributed by atoms with Gasteiger partial charge >= 0.3 is 0 Å². The third-order valence-electron chi connectivity index (χ3n) is 10.3. The predicted molar refractivity (Wildman–Crippen MR) is 166 cm³/mol. The maximum Gasteiger partial charge on any atom is 0.187 e. The molecule has 24 heteroatoms. The van der Waals surface area contributed by atoms with E-state index >= 15 is 0 Å². The van der Waals surface area contributed by atoms with Gasteiger partial charge < -0.3 is 120 Å². The Morgan fingerprint density at radius 3 is 1.35 bits per heavy atom. The number of ether oxygens (including phenoxy) is 9. The van der Waals surface area contributed by atoms with Crippen molar-refractivity contribution in [2.24, 2.45) is 5.73 Å². The van der Waals surface area contributed by atoms with Crippen LogP contribution in [-0.4, -0.2) is 245 Å². The van der Waals surface area contributed by atoms with Crippen LogP contribution in [0.4, 0.5) is 0 Å². The quantitative estimate of drug-likeness (QED) is 0.0923. The molecule has 12 unspecified atom stereocenters. The van der Waals surface area contributed by atoms with E-state index in [9.17, 15) is 71.5 Å². The molecule has 0 aromatic heterocycles. The lowest BCUT2D eigenvalue weighted by atomic mass is 9.94. The van der Waals surface area contributed by atoms with Gasteiger partial charge in [0, 0.05) is 0 Å². The molecule has 0 spiro atoms. The smallest absolute Gasteiger partial charge is 0.187 e. The highest BCUT2D eigenvalue weighted by Crippen LogP contribution is 2.36. The van der Waals surface area contributed by atoms with Crippen LogP contribution in [0.5, 0.6) is 0 Å². The van der Waals surface area contributed by atoms with Crippen LogP contribution in [0.2, 0.25) is 0 Å². The Bertz CT molecular complexity index is 1180. The van der Waals surface area contributed by atoms with Crippen molar-refractivity contribution in [1.29, 1.82) is 0 Å². The first-order chi connectivity index (χ1) is 25.4. The average Bonchev–Trinajstić information content (AvgIpc) is 3.15. The van der Waals surface area contributed by atoms with Gasteiger partial charge in [0.15, 0.2) is 31.5 Å². The SMILES string of the molecule is CC1O[C@H](O[C@@H]2C(N)C(O[C@@H]3C(O)C(O)OC(CO)[C@@H]3O)OC(CO)[C@@H]2O[C@@H]2OC(CO)[C@H](O)[C@H](O)C2O[C@@H]2OC(C)[C@H](O)[C@@H](O)C2O)[C@@H](O)C(O)[C@@H]1O. The largest absolute Gasteiger partial charge is 0.394 e. The minimum atomic E-state index is -1.97. The molecule has 316 valence electrons. The molecule has 0 saturated carbocycles. The molecular weight excluding hydrogens is 742 g/mol. The van der Waals surface area contributed by atoms with Crippen LogP contribution < -0.4 is 5.73 Å². The Labute approximate surface area is 307 Å². The fourth-order valence-electron chi connectivity index (χ4n) is 6.94. The summed E-state index contributed by atoms with van der Waals surface area (Å²) in [6, 6.07) is -1.65. The lowest BCUT2D eigenvalue weighted by Gasteiger charge is -2.51. The van der Waals surface area contributed by atoms with Gasteiger partial charge in [0.25, 0.3) is 0 Å². The van der Waals surface area contributed by atoms with Gasteiger partial charge in [-0.15, -0.1) is 0 Å². The molecule has 24 nitrogen and oxygen atoms in total. The molecule has 5 rings (SSSR count). The predicted octanol–water partition coefficient (Wildman–Crippen LogP) is -9.90. The molecule has 16 N–H and O–H groups in total. The van der Waals surface area contributed by atoms with E-state index in [1.165, 1.54) is 13.8 Å². The minimum absolute atomic E-state index is 0.812. The van der Waals surface area contributed by atoms with Crippen molar-refractivity contribution < 1.29 is 114 Å². The van der Waals surface area contributed by atoms with Crippen molar-refractivity contribution in [3.05, 3.63) is 0 Å². The highest BCUT2D eigenvalue weighted by molar-refractivity contribution is 5.00. The van der Waals surface area contributed by atoms with Crippen LogP contribution >= 0.6 is 0 Å². The molecule has 5 saturated heterocycles. The number of aliphatic hydroxyl groups is 14. The van der Waals surface area contributed by atoms with Gasteiger partial charge in [-0.1, -0.05) is 0 Å². The number of hydrogen-bond acceptors (Lipinski definition) is 24. The summed E-state index contributed by atoms with van der Waals surface area (Å²) in [4.78, 5) is 0. The number of aliphatic hydroxyl groups excluding tert-OH is 14. The maximum absolute atomic E-state index is 11.1. The van der Waals surface area contributed by atoms with E-state index < -0.39 is 173 Å². The van der Waals surface area contributed by atoms with E-state index in [2.05, 4.69) is 0 Å². The van der Waals surface area contributed by atoms with Gasteiger partial charge in [0.2, 0.25) is 0 Å². The number of rotatable bonds is 11. The van der Waals surface area contributed by atoms with Gasteiger partial charge in [0.1, 0.15) is 104 Å². The molecule has 0 aromatic carbocycles. The third-order valence-corrected chi connectivity index (χ3v) is 10.3. The first-order valence-corrected chi connectivity index (χ1v) is 17.4. The van der Waals surface area contributed by atoms with E-state index in [4.69, 9.17) is 48.4 Å². The van der Waals surface area contributed by atoms with E-state index in [1.807, 2.05) is 0 Å². The van der Waals surface area contributed by atoms with Gasteiger partial charge in [-0.25, -0.2) is 0 Å². The zero-order chi connectivity index (χ0) is 39.9. The van der Waals surface area contributed by atoms with E-state index in [-0.39, 0.29) is 0 Å². The Morgan fingerprint density at radius 1 is 0.389 bits per heavy atom. The van der Waals surface area contributed by atoms with Crippen LogP contribution in [0.1, 0.15) is 13.8 Å². The first-order valence-electron chi connectivity index (χ1n) is 17.4. The zero-order valence-electron chi connectivity index (χ0n) is 29.1. The number of nitrogens with two attached hydrogens (primary N) is 1. The van der Waals surface area contributed by atoms with E-state index in [1.54, 1.807) is 0 Å². The molecule has 0 aliphatic carbocycles. The molecule has 0 radical (unpaired) electrons. The van der Waals surface area contributed by atoms with Crippen LogP contribution in [0.15, 0.2) is 0 Å². The summed E-state index contributed by atoms with van der Waals surface area (Å²) >= 11 is 0. The summed E-state index contributed by atoms with van der Waals surface area (Å²) in [5.41, 5.74) is 6.56. The minimum Gasteiger partial charge on any atom is -0.394 e. The summed E-state index contributed by atoms with van der Waals surface area (Å²) < 4.78 is 51.4. The first kappa shape index (κ1) is 44.1. The summed E-state index contributed by atoms with van der Waals surface area (Å²) in [5, 5.41) is 146. The number of hydrogen-bond donors (Lipinski definition) is 15. The van der Waals surface area contributed by atoms with Crippen molar-refractivity contribution in [1.82, 2.24) is 0 Å². The van der Waals surface area contributed by atoms with Crippen molar-refractivity contribution in [3.8, 4) is 0 Å². The molecule has 5 aliphatic heterocycles. The lowest BCUT2D eigenvalue weighted by Crippen LogP contribution is -2.70. The standard InChI is InChI=1S/C30H53NO23/c1-6-12(35)16(39)19(42)28(46-6)52-23-11(31)27(53-24-15(38)9(4-33)48-26(45)21(24)44)50-10(5-34)22(23)51-30-25(18(41)14(37)8(3-32)49-30)54-29-20(43)17(40)13(36)7(2)47-29/h6-30,32-45H,3-5,31H2,1-2H3/t6?,7?,8?,9?,10?,11?,12-,13+,14+,15+,16?,17-,18+,19+,20?,21?,22+,23-,24+,25?,26?,27?,28-,29+,30+/m1/s1. The summed E-state index contributed by atoms with van der Waals surface area (Å²) in [6.07, 6.45) is -41.1. The Hall–Kier alpha value is -0.960. The fraction of sp³-hybridized carbons (Fsp3) is 1.00. The van der Waals surface area contributed by atoms with Crippen molar-refractivity contribution in [2.75, 3.05) is 19.8 Å². The highest BCUT2D eigenvalue weighted by atomic mass is 16.8. The van der Waals surface area contributed by atoms with Gasteiger partial charge in [-0.2, -0.15) is 0 Å². The topological polar surface area (TPSA) is 392 Å². The van der Waals surface area contributed by atoms with Crippen molar-refractivity contribution >= 4 is 0 Å². The van der Waals surface area contributed by atoms with E-state index in [0.29, 0.717) is 0 Å². The van der Waals surface area contributed by atoms with Crippen LogP contribution in [-0.2, 0) is 42.6 Å². The molecule has 54 heavy (non-hydrogen) atoms. The molecule has 5 heterocycles. The molecular formula is C30H53NO23. The molecule has 5 fully saturated rings. The molecule has 25 atom stereocenters. The lowest BCUT2D eigenvalue weighted by molar-refractivity contribution is -0.397. The van der Waals surface area contributed by atoms with Crippen LogP contribution in [0.3, 0.4) is 0 Å². The average molecular weight is 796 g/mol. The second-order valence-electron chi connectivity index (χ2n) is 14.0. The van der Waals surface area contributed by atoms with Crippen LogP contribution in [0, 0.1) is 0 Å². The summed E-state index contributed by atoms with van der Waals surface area (Å²) in [5.74, 6) is 0. The van der Waals surface area contributed by atoms with Gasteiger partial charge in [-0.05, 0) is 13.8 Å². The summed E-state index contributed by atoms with van der Waals surface area (Å²) in [6.45, 7) is 0.0525. The summed E-state index contributed by atoms with van der Waals surface area (Å²) in [7, 11) is 0. The second-order valence-corrected chi connectivity index (χ2v) is 14.0.